The van der Waals surface area contributed by atoms with Gasteiger partial charge in [-0.15, -0.1) is 0 Å². The molecule has 2 heterocycles. The molecular weight excluding hydrogens is 280 g/mol. The van der Waals surface area contributed by atoms with Crippen molar-refractivity contribution in [1.29, 1.82) is 0 Å². The van der Waals surface area contributed by atoms with Crippen LogP contribution in [0.3, 0.4) is 0 Å². The lowest BCUT2D eigenvalue weighted by atomic mass is 9.76. The molecule has 1 fully saturated rings. The van der Waals surface area contributed by atoms with E-state index < -0.39 is 11.6 Å². The molecule has 2 unspecified atom stereocenters. The van der Waals surface area contributed by atoms with Gasteiger partial charge < -0.3 is 9.47 Å². The number of carbonyl (C=O) groups excluding carboxylic acids is 1. The summed E-state index contributed by atoms with van der Waals surface area (Å²) in [6.07, 6.45) is 2.95. The van der Waals surface area contributed by atoms with E-state index in [1.165, 1.54) is 0 Å². The third-order valence-corrected chi connectivity index (χ3v) is 4.25. The van der Waals surface area contributed by atoms with Gasteiger partial charge >= 0.3 is 0 Å². The van der Waals surface area contributed by atoms with Crippen LogP contribution in [-0.4, -0.2) is 31.2 Å². The molecule has 0 radical (unpaired) electrons. The number of anilines is 1. The van der Waals surface area contributed by atoms with E-state index in [4.69, 9.17) is 9.47 Å². The van der Waals surface area contributed by atoms with Crippen LogP contribution in [0.15, 0.2) is 48.8 Å². The number of β-lactam (4-membered cyclic amide) rings is 1. The summed E-state index contributed by atoms with van der Waals surface area (Å²) in [7, 11) is 3.18. The maximum Gasteiger partial charge on any atom is 0.259 e. The summed E-state index contributed by atoms with van der Waals surface area (Å²) in [4.78, 5) is 18.3. The van der Waals surface area contributed by atoms with Crippen molar-refractivity contribution in [2.24, 2.45) is 0 Å². The summed E-state index contributed by atoms with van der Waals surface area (Å²) in [5, 5.41) is 0. The summed E-state index contributed by atoms with van der Waals surface area (Å²) in [6.45, 7) is 2.00. The van der Waals surface area contributed by atoms with Gasteiger partial charge in [-0.3, -0.25) is 14.7 Å². The first-order chi connectivity index (χ1) is 10.6. The highest BCUT2D eigenvalue weighted by atomic mass is 16.5. The summed E-state index contributed by atoms with van der Waals surface area (Å²) in [5.74, 6) is 0.706. The molecule has 0 N–H and O–H groups in total. The Morgan fingerprint density at radius 2 is 1.73 bits per heavy atom. The Hall–Kier alpha value is -2.40. The van der Waals surface area contributed by atoms with E-state index >= 15 is 0 Å². The first-order valence-corrected chi connectivity index (χ1v) is 7.04. The Morgan fingerprint density at radius 3 is 2.27 bits per heavy atom. The molecule has 1 saturated heterocycles. The van der Waals surface area contributed by atoms with Gasteiger partial charge in [0.1, 0.15) is 11.3 Å². The molecule has 0 aliphatic carbocycles. The largest absolute Gasteiger partial charge is 0.497 e. The van der Waals surface area contributed by atoms with Crippen molar-refractivity contribution < 1.29 is 14.3 Å². The number of hydrogen-bond donors (Lipinski definition) is 0. The van der Waals surface area contributed by atoms with Crippen LogP contribution in [0.25, 0.3) is 0 Å². The zero-order valence-electron chi connectivity index (χ0n) is 12.8. The fourth-order valence-electron chi connectivity index (χ4n) is 3.06. The number of ether oxygens (including phenoxy) is 2. The van der Waals surface area contributed by atoms with Gasteiger partial charge in [0.2, 0.25) is 0 Å². The number of amides is 1. The van der Waals surface area contributed by atoms with Crippen LogP contribution < -0.4 is 9.64 Å². The predicted molar refractivity (Wildman–Crippen MR) is 82.9 cm³/mol. The fraction of sp³-hybridized carbons (Fsp3) is 0.294. The lowest BCUT2D eigenvalue weighted by Crippen LogP contribution is -2.71. The number of nitrogens with zero attached hydrogens (tertiary/aromatic N) is 2. The second kappa shape index (κ2) is 5.42. The Kier molecular flexibility index (Phi) is 3.58. The third kappa shape index (κ3) is 1.97. The Bertz CT molecular complexity index is 672. The smallest absolute Gasteiger partial charge is 0.259 e. The zero-order chi connectivity index (χ0) is 15.7. The van der Waals surface area contributed by atoms with E-state index in [-0.39, 0.29) is 5.91 Å². The maximum absolute atomic E-state index is 12.5. The van der Waals surface area contributed by atoms with E-state index in [1.807, 2.05) is 43.3 Å². The molecule has 0 saturated carbocycles. The van der Waals surface area contributed by atoms with Gasteiger partial charge in [0.15, 0.2) is 6.10 Å². The van der Waals surface area contributed by atoms with E-state index in [1.54, 1.807) is 31.5 Å². The number of hydrogen-bond acceptors (Lipinski definition) is 4. The van der Waals surface area contributed by atoms with Crippen LogP contribution in [0, 0.1) is 0 Å². The highest BCUT2D eigenvalue weighted by Crippen LogP contribution is 2.46. The molecule has 114 valence electrons. The minimum Gasteiger partial charge on any atom is -0.497 e. The standard InChI is InChI=1S/C17H18N2O3/c1-17(12-8-10-18-11-9-12)15(22-3)16(20)19(17)13-4-6-14(21-2)7-5-13/h4-11,15H,1-3H3. The molecule has 0 bridgehead atoms. The Balaban J connectivity index is 2.03. The molecule has 1 aromatic heterocycles. The quantitative estimate of drug-likeness (QED) is 0.813. The molecule has 3 rings (SSSR count). The van der Waals surface area contributed by atoms with Crippen LogP contribution in [0.1, 0.15) is 12.5 Å². The van der Waals surface area contributed by atoms with Crippen molar-refractivity contribution in [2.75, 3.05) is 19.1 Å². The number of methoxy groups -OCH3 is 2. The van der Waals surface area contributed by atoms with E-state index in [0.717, 1.165) is 17.0 Å². The van der Waals surface area contributed by atoms with Crippen molar-refractivity contribution in [3.8, 4) is 5.75 Å². The number of rotatable bonds is 4. The molecule has 1 amide bonds. The van der Waals surface area contributed by atoms with Crippen LogP contribution >= 0.6 is 0 Å². The van der Waals surface area contributed by atoms with Gasteiger partial charge in [-0.25, -0.2) is 0 Å². The van der Waals surface area contributed by atoms with E-state index in [0.29, 0.717) is 0 Å². The number of carbonyl (C=O) groups is 1. The van der Waals surface area contributed by atoms with E-state index in [2.05, 4.69) is 4.98 Å². The summed E-state index contributed by atoms with van der Waals surface area (Å²) < 4.78 is 10.6. The van der Waals surface area contributed by atoms with Crippen LogP contribution in [0.4, 0.5) is 5.69 Å². The highest BCUT2D eigenvalue weighted by molar-refractivity contribution is 6.06. The van der Waals surface area contributed by atoms with Gasteiger partial charge in [-0.2, -0.15) is 0 Å². The van der Waals surface area contributed by atoms with Crippen LogP contribution in [0.2, 0.25) is 0 Å². The molecule has 1 aromatic carbocycles. The monoisotopic (exact) mass is 298 g/mol. The number of pyridine rings is 1. The lowest BCUT2D eigenvalue weighted by molar-refractivity contribution is -0.146. The minimum absolute atomic E-state index is 0.0491. The topological polar surface area (TPSA) is 51.7 Å². The maximum atomic E-state index is 12.5. The molecule has 0 spiro atoms. The summed E-state index contributed by atoms with van der Waals surface area (Å²) in [6, 6.07) is 11.3. The van der Waals surface area contributed by atoms with Gasteiger partial charge in [-0.05, 0) is 48.9 Å². The molecule has 22 heavy (non-hydrogen) atoms. The molecule has 1 aliphatic heterocycles. The minimum atomic E-state index is -0.552. The number of aromatic nitrogens is 1. The summed E-state index contributed by atoms with van der Waals surface area (Å²) >= 11 is 0. The molecule has 5 heteroatoms. The van der Waals surface area contributed by atoms with Crippen molar-refractivity contribution in [3.05, 3.63) is 54.4 Å². The fourth-order valence-corrected chi connectivity index (χ4v) is 3.06. The van der Waals surface area contributed by atoms with E-state index in [9.17, 15) is 4.79 Å². The van der Waals surface area contributed by atoms with Gasteiger partial charge in [0.25, 0.3) is 5.91 Å². The SMILES string of the molecule is COc1ccc(N2C(=O)C(OC)C2(C)c2ccncc2)cc1. The first kappa shape index (κ1) is 14.5. The van der Waals surface area contributed by atoms with Gasteiger partial charge in [0, 0.05) is 25.2 Å². The van der Waals surface area contributed by atoms with Crippen molar-refractivity contribution in [2.45, 2.75) is 18.6 Å². The zero-order valence-corrected chi connectivity index (χ0v) is 12.8. The van der Waals surface area contributed by atoms with Crippen LogP contribution in [-0.2, 0) is 15.1 Å². The average molecular weight is 298 g/mol. The molecule has 2 aromatic rings. The van der Waals surface area contributed by atoms with Crippen LogP contribution in [0.5, 0.6) is 5.75 Å². The molecule has 1 aliphatic rings. The van der Waals surface area contributed by atoms with Crippen molar-refractivity contribution in [1.82, 2.24) is 4.98 Å². The van der Waals surface area contributed by atoms with Crippen molar-refractivity contribution in [3.63, 3.8) is 0 Å². The molecule has 2 atom stereocenters. The summed E-state index contributed by atoms with van der Waals surface area (Å²) in [5.41, 5.74) is 1.26. The highest BCUT2D eigenvalue weighted by Gasteiger charge is 2.59. The Labute approximate surface area is 129 Å². The first-order valence-electron chi connectivity index (χ1n) is 7.04. The normalized spacial score (nSPS) is 24.0. The molecular formula is C17H18N2O3. The van der Waals surface area contributed by atoms with Gasteiger partial charge in [0.05, 0.1) is 7.11 Å². The van der Waals surface area contributed by atoms with Gasteiger partial charge in [-0.1, -0.05) is 0 Å². The van der Waals surface area contributed by atoms with Crippen molar-refractivity contribution >= 4 is 11.6 Å². The second-order valence-corrected chi connectivity index (χ2v) is 5.37. The second-order valence-electron chi connectivity index (χ2n) is 5.37. The molecule has 5 nitrogen and oxygen atoms in total. The third-order valence-electron chi connectivity index (χ3n) is 4.25. The lowest BCUT2D eigenvalue weighted by Gasteiger charge is -2.55. The average Bonchev–Trinajstić information content (AvgIpc) is 2.56. The number of benzene rings is 1. The predicted octanol–water partition coefficient (Wildman–Crippen LogP) is 2.37. The Morgan fingerprint density at radius 1 is 1.09 bits per heavy atom.